The lowest BCUT2D eigenvalue weighted by Gasteiger charge is -2.33. The molecule has 0 aliphatic carbocycles. The van der Waals surface area contributed by atoms with Crippen LogP contribution in [0.5, 0.6) is 0 Å². The SMILES string of the molecule is C[C@@H]1c2cccn2CCN1S(=O)(=O)c1cccc(Cl)c1. The molecular weight excluding hydrogens is 296 g/mol. The largest absolute Gasteiger partial charge is 0.349 e. The lowest BCUT2D eigenvalue weighted by Crippen LogP contribution is -2.40. The van der Waals surface area contributed by atoms with Crippen molar-refractivity contribution in [3.05, 3.63) is 53.3 Å². The van der Waals surface area contributed by atoms with Gasteiger partial charge in [0.25, 0.3) is 0 Å². The van der Waals surface area contributed by atoms with Gasteiger partial charge in [0.2, 0.25) is 10.0 Å². The summed E-state index contributed by atoms with van der Waals surface area (Å²) in [7, 11) is -3.52. The first-order valence-electron chi connectivity index (χ1n) is 6.42. The zero-order valence-corrected chi connectivity index (χ0v) is 12.6. The molecule has 3 rings (SSSR count). The van der Waals surface area contributed by atoms with Crippen molar-refractivity contribution in [3.8, 4) is 0 Å². The molecule has 1 aliphatic heterocycles. The van der Waals surface area contributed by atoms with Crippen LogP contribution in [0.15, 0.2) is 47.5 Å². The van der Waals surface area contributed by atoms with E-state index in [1.807, 2.05) is 25.3 Å². The fourth-order valence-electron chi connectivity index (χ4n) is 2.65. The van der Waals surface area contributed by atoms with Crippen LogP contribution in [-0.4, -0.2) is 23.8 Å². The van der Waals surface area contributed by atoms with Gasteiger partial charge in [-0.1, -0.05) is 17.7 Å². The number of fused-ring (bicyclic) bond motifs is 1. The Morgan fingerprint density at radius 3 is 2.75 bits per heavy atom. The van der Waals surface area contributed by atoms with Crippen molar-refractivity contribution in [2.75, 3.05) is 6.54 Å². The van der Waals surface area contributed by atoms with Gasteiger partial charge in [0.1, 0.15) is 0 Å². The number of nitrogens with zero attached hydrogens (tertiary/aromatic N) is 2. The summed E-state index contributed by atoms with van der Waals surface area (Å²) < 4.78 is 29.1. The third-order valence-corrected chi connectivity index (χ3v) is 5.89. The lowest BCUT2D eigenvalue weighted by molar-refractivity contribution is 0.282. The van der Waals surface area contributed by atoms with E-state index in [2.05, 4.69) is 4.57 Å². The van der Waals surface area contributed by atoms with Gasteiger partial charge in [0.15, 0.2) is 0 Å². The molecule has 20 heavy (non-hydrogen) atoms. The minimum Gasteiger partial charge on any atom is -0.349 e. The second-order valence-corrected chi connectivity index (χ2v) is 7.20. The first-order chi connectivity index (χ1) is 9.50. The monoisotopic (exact) mass is 310 g/mol. The Bertz CT molecular complexity index is 739. The van der Waals surface area contributed by atoms with Crippen molar-refractivity contribution in [2.45, 2.75) is 24.4 Å². The van der Waals surface area contributed by atoms with Gasteiger partial charge in [-0.05, 0) is 37.3 Å². The van der Waals surface area contributed by atoms with Crippen LogP contribution in [0.25, 0.3) is 0 Å². The summed E-state index contributed by atoms with van der Waals surface area (Å²) in [5, 5.41) is 0.430. The molecule has 0 N–H and O–H groups in total. The molecule has 0 amide bonds. The summed E-state index contributed by atoms with van der Waals surface area (Å²) in [4.78, 5) is 0.247. The number of aromatic nitrogens is 1. The Kier molecular flexibility index (Phi) is 3.36. The van der Waals surface area contributed by atoms with E-state index < -0.39 is 10.0 Å². The van der Waals surface area contributed by atoms with E-state index in [1.165, 1.54) is 10.4 Å². The fourth-order valence-corrected chi connectivity index (χ4v) is 4.55. The Morgan fingerprint density at radius 2 is 2.00 bits per heavy atom. The second-order valence-electron chi connectivity index (χ2n) is 4.88. The third kappa shape index (κ3) is 2.16. The van der Waals surface area contributed by atoms with Gasteiger partial charge in [-0.3, -0.25) is 0 Å². The first kappa shape index (κ1) is 13.7. The lowest BCUT2D eigenvalue weighted by atomic mass is 10.2. The normalized spacial score (nSPS) is 19.8. The third-order valence-electron chi connectivity index (χ3n) is 3.69. The fraction of sp³-hybridized carbons (Fsp3) is 0.286. The molecule has 106 valence electrons. The van der Waals surface area contributed by atoms with Crippen LogP contribution in [0.4, 0.5) is 0 Å². The molecule has 0 fully saturated rings. The summed E-state index contributed by atoms with van der Waals surface area (Å²) in [5.74, 6) is 0. The minimum absolute atomic E-state index is 0.178. The van der Waals surface area contributed by atoms with Crippen molar-refractivity contribution >= 4 is 21.6 Å². The van der Waals surface area contributed by atoms with Gasteiger partial charge in [-0.2, -0.15) is 4.31 Å². The second kappa shape index (κ2) is 4.91. The first-order valence-corrected chi connectivity index (χ1v) is 8.24. The number of halogens is 1. The number of rotatable bonds is 2. The van der Waals surface area contributed by atoms with Crippen molar-refractivity contribution in [2.24, 2.45) is 0 Å². The molecule has 4 nitrogen and oxygen atoms in total. The molecule has 2 aromatic rings. The van der Waals surface area contributed by atoms with E-state index in [4.69, 9.17) is 11.6 Å². The topological polar surface area (TPSA) is 42.3 Å². The Morgan fingerprint density at radius 1 is 1.20 bits per heavy atom. The van der Waals surface area contributed by atoms with E-state index in [-0.39, 0.29) is 10.9 Å². The predicted octanol–water partition coefficient (Wildman–Crippen LogP) is 2.91. The minimum atomic E-state index is -3.52. The summed E-state index contributed by atoms with van der Waals surface area (Å²) in [5.41, 5.74) is 1.02. The molecule has 0 spiro atoms. The van der Waals surface area contributed by atoms with Gasteiger partial charge in [0, 0.05) is 30.0 Å². The van der Waals surface area contributed by atoms with E-state index in [1.54, 1.807) is 18.2 Å². The molecule has 0 unspecified atom stereocenters. The summed E-state index contributed by atoms with van der Waals surface area (Å²) in [6, 6.07) is 10.1. The van der Waals surface area contributed by atoms with Crippen LogP contribution < -0.4 is 0 Å². The van der Waals surface area contributed by atoms with Gasteiger partial charge >= 0.3 is 0 Å². The standard InChI is InChI=1S/C14H15ClN2O2S/c1-11-14-6-3-7-16(14)8-9-17(11)20(18,19)13-5-2-4-12(15)10-13/h2-7,10-11H,8-9H2,1H3/t11-/m1/s1. The Balaban J connectivity index is 2.01. The molecule has 1 aliphatic rings. The maximum atomic E-state index is 12.7. The van der Waals surface area contributed by atoms with Crippen molar-refractivity contribution < 1.29 is 8.42 Å². The Hall–Kier alpha value is -1.30. The van der Waals surface area contributed by atoms with E-state index in [9.17, 15) is 8.42 Å². The Labute approximate surface area is 123 Å². The number of sulfonamides is 1. The maximum Gasteiger partial charge on any atom is 0.243 e. The highest BCUT2D eigenvalue weighted by molar-refractivity contribution is 7.89. The highest BCUT2D eigenvalue weighted by atomic mass is 35.5. The van der Waals surface area contributed by atoms with Gasteiger partial charge < -0.3 is 4.57 Å². The number of benzene rings is 1. The van der Waals surface area contributed by atoms with Crippen molar-refractivity contribution in [1.29, 1.82) is 0 Å². The van der Waals surface area contributed by atoms with Crippen molar-refractivity contribution in [1.82, 2.24) is 8.87 Å². The highest BCUT2D eigenvalue weighted by Gasteiger charge is 2.33. The zero-order valence-electron chi connectivity index (χ0n) is 11.0. The predicted molar refractivity (Wildman–Crippen MR) is 78.2 cm³/mol. The molecule has 1 aromatic carbocycles. The molecule has 0 bridgehead atoms. The van der Waals surface area contributed by atoms with Crippen LogP contribution in [0.1, 0.15) is 18.7 Å². The van der Waals surface area contributed by atoms with Crippen molar-refractivity contribution in [3.63, 3.8) is 0 Å². The number of hydrogen-bond donors (Lipinski definition) is 0. The van der Waals surface area contributed by atoms with Gasteiger partial charge in [-0.25, -0.2) is 8.42 Å². The van der Waals surface area contributed by atoms with Crippen LogP contribution in [0.2, 0.25) is 5.02 Å². The molecule has 2 heterocycles. The summed E-state index contributed by atoms with van der Waals surface area (Å²) in [6.07, 6.45) is 1.98. The molecule has 6 heteroatoms. The molecule has 0 saturated heterocycles. The van der Waals surface area contributed by atoms with Crippen LogP contribution in [0.3, 0.4) is 0 Å². The summed E-state index contributed by atoms with van der Waals surface area (Å²) >= 11 is 5.90. The van der Waals surface area contributed by atoms with Gasteiger partial charge in [0.05, 0.1) is 10.9 Å². The smallest absolute Gasteiger partial charge is 0.243 e. The number of hydrogen-bond acceptors (Lipinski definition) is 2. The average Bonchev–Trinajstić information content (AvgIpc) is 2.88. The zero-order chi connectivity index (χ0) is 14.3. The molecule has 0 radical (unpaired) electrons. The average molecular weight is 311 g/mol. The van der Waals surface area contributed by atoms with Crippen LogP contribution in [0, 0.1) is 0 Å². The maximum absolute atomic E-state index is 12.7. The van der Waals surface area contributed by atoms with E-state index >= 15 is 0 Å². The molecular formula is C14H15ClN2O2S. The van der Waals surface area contributed by atoms with Gasteiger partial charge in [-0.15, -0.1) is 0 Å². The van der Waals surface area contributed by atoms with Crippen LogP contribution >= 0.6 is 11.6 Å². The molecule has 1 atom stereocenters. The van der Waals surface area contributed by atoms with E-state index in [0.29, 0.717) is 18.1 Å². The molecule has 1 aromatic heterocycles. The summed E-state index contributed by atoms with van der Waals surface area (Å²) in [6.45, 7) is 3.05. The quantitative estimate of drug-likeness (QED) is 0.856. The molecule has 0 saturated carbocycles. The highest BCUT2D eigenvalue weighted by Crippen LogP contribution is 2.31. The van der Waals surface area contributed by atoms with Crippen LogP contribution in [-0.2, 0) is 16.6 Å². The van der Waals surface area contributed by atoms with E-state index in [0.717, 1.165) is 5.69 Å².